The minimum absolute atomic E-state index is 0.0654. The summed E-state index contributed by atoms with van der Waals surface area (Å²) in [6.07, 6.45) is 11.3. The SMILES string of the molecule is CC(C)(C)OPOc1c(-c2cc(C(C)(C)C)cc(C(C)(C)C)c2OPOC(C)(C)C)cc(C(C)(C)C)cc1C(C)(C)C.CCC(C)(C)OPOc1ccc2ccccc2c1-c1c(OPOC(C)(C)CC)ccc2ccccc12.CCCCC(CC)COPOc1c(-c2ccccc2)cccc1-c1cccc(-c2ccccc2)c1OPOCC(CC)CCCC. The number of rotatable bonds is 39. The lowest BCUT2D eigenvalue weighted by molar-refractivity contribution is 0.116. The molecule has 0 heterocycles. The van der Waals surface area contributed by atoms with Gasteiger partial charge in [-0.2, -0.15) is 0 Å². The summed E-state index contributed by atoms with van der Waals surface area (Å²) in [5.74, 6) is 5.98. The van der Waals surface area contributed by atoms with E-state index in [4.69, 9.17) is 54.3 Å². The summed E-state index contributed by atoms with van der Waals surface area (Å²) in [5, 5.41) is 4.49. The Labute approximate surface area is 758 Å². The van der Waals surface area contributed by atoms with E-state index in [2.05, 4.69) is 364 Å². The van der Waals surface area contributed by atoms with E-state index < -0.39 is 0 Å². The summed E-state index contributed by atoms with van der Waals surface area (Å²) >= 11 is 0. The molecule has 0 fully saturated rings. The molecule has 0 bridgehead atoms. The van der Waals surface area contributed by atoms with Gasteiger partial charge in [-0.3, -0.25) is 0 Å². The Bertz CT molecular complexity index is 4640. The second-order valence-electron chi connectivity index (χ2n) is 39.6. The van der Waals surface area contributed by atoms with Crippen LogP contribution >= 0.6 is 54.2 Å². The van der Waals surface area contributed by atoms with Crippen LogP contribution in [0.15, 0.2) is 194 Å². The minimum Gasteiger partial charge on any atom is -0.449 e. The molecule has 0 N–H and O–H groups in total. The number of unbranched alkanes of at least 4 members (excludes halogenated alkanes) is 2. The van der Waals surface area contributed by atoms with E-state index >= 15 is 0 Å². The fourth-order valence-electron chi connectivity index (χ4n) is 13.6. The number of hydrogen-bond donors (Lipinski definition) is 0. The Kier molecular flexibility index (Phi) is 39.5. The van der Waals surface area contributed by atoms with Gasteiger partial charge in [0.1, 0.15) is 34.5 Å². The highest BCUT2D eigenvalue weighted by Crippen LogP contribution is 2.55. The van der Waals surface area contributed by atoms with Crippen LogP contribution in [0.4, 0.5) is 0 Å². The molecule has 0 aliphatic rings. The van der Waals surface area contributed by atoms with E-state index in [0.717, 1.165) is 148 Å². The van der Waals surface area contributed by atoms with Crippen molar-refractivity contribution in [3.8, 4) is 90.1 Å². The van der Waals surface area contributed by atoms with Crippen LogP contribution in [-0.4, -0.2) is 35.6 Å². The smallest absolute Gasteiger partial charge is 0.215 e. The van der Waals surface area contributed by atoms with E-state index in [1.54, 1.807) is 0 Å². The first-order chi connectivity index (χ1) is 58.5. The molecule has 0 radical (unpaired) electrons. The standard InChI is InChI=1S/C40H52O4P2.C36H60O4P2.C30H36O4P2/c1-5-9-19-31(7-3)29-41-45-43-39-35(33-21-13-11-14-22-33)25-17-27-37(39)38-28-18-26-36(34-23-15-12-16-24-34)40(38)44-46-42-30-32(8-4)20-10-6-2;1-31(2,3)23-19-25(29(27(21-23)33(7,8)9)37-41-39-35(13,14)15)26-20-24(32(4,5)6)22-28(34(10,11)12)30(26)38-42-40-36(16,17)18;1-7-29(3,4)33-35-31-25-19-17-21-13-9-11-15-23(21)27(25)28-24-16-12-10-14-22(24)18-20-26(28)32-36-34-30(5,6)8-2/h11-18,21-28,31-32,45-46H,5-10,19-20,29-30H2,1-4H3;19-22,41-42H,1-18H3;9-20,35-36H,7-8H2,1-6H3. The first-order valence-electron chi connectivity index (χ1n) is 44.8. The Morgan fingerprint density at radius 3 is 0.944 bits per heavy atom. The van der Waals surface area contributed by atoms with Crippen LogP contribution in [0.1, 0.15) is 280 Å². The number of hydrogen-bond acceptors (Lipinski definition) is 12. The molecule has 8 unspecified atom stereocenters. The summed E-state index contributed by atoms with van der Waals surface area (Å²) in [7, 11) is -0.725. The molecule has 0 saturated heterocycles. The predicted octanol–water partition coefficient (Wildman–Crippen LogP) is 34.7. The molecule has 12 nitrogen and oxygen atoms in total. The lowest BCUT2D eigenvalue weighted by Crippen LogP contribution is -2.20. The molecule has 124 heavy (non-hydrogen) atoms. The average molecular weight is 1800 g/mol. The van der Waals surface area contributed by atoms with Gasteiger partial charge in [0.2, 0.25) is 54.2 Å². The van der Waals surface area contributed by atoms with Crippen LogP contribution in [0.2, 0.25) is 0 Å². The summed E-state index contributed by atoms with van der Waals surface area (Å²) in [6, 6.07) is 67.9. The second-order valence-corrected chi connectivity index (χ2v) is 43.3. The van der Waals surface area contributed by atoms with Crippen LogP contribution in [-0.2, 0) is 48.8 Å². The second kappa shape index (κ2) is 47.4. The zero-order valence-corrected chi connectivity index (χ0v) is 86.0. The normalized spacial score (nSPS) is 13.5. The molecule has 0 aliphatic carbocycles. The van der Waals surface area contributed by atoms with E-state index in [1.165, 1.54) is 49.7 Å². The van der Waals surface area contributed by atoms with Crippen molar-refractivity contribution in [3.05, 3.63) is 216 Å². The zero-order chi connectivity index (χ0) is 90.9. The van der Waals surface area contributed by atoms with Gasteiger partial charge >= 0.3 is 0 Å². The van der Waals surface area contributed by atoms with Crippen molar-refractivity contribution in [1.29, 1.82) is 0 Å². The molecule has 0 aromatic heterocycles. The van der Waals surface area contributed by atoms with Gasteiger partial charge in [0.05, 0.1) is 35.6 Å². The maximum Gasteiger partial charge on any atom is 0.215 e. The molecular formula is C106H148O12P6. The van der Waals surface area contributed by atoms with Crippen LogP contribution in [0, 0.1) is 11.8 Å². The average Bonchev–Trinajstić information content (AvgIpc) is 0.759. The number of benzene rings is 10. The van der Waals surface area contributed by atoms with Gasteiger partial charge < -0.3 is 54.3 Å². The van der Waals surface area contributed by atoms with Crippen LogP contribution in [0.3, 0.4) is 0 Å². The van der Waals surface area contributed by atoms with E-state index in [9.17, 15) is 0 Å². The molecule has 10 rings (SSSR count). The molecule has 18 heteroatoms. The van der Waals surface area contributed by atoms with Gasteiger partial charge in [0.25, 0.3) is 0 Å². The topological polar surface area (TPSA) is 111 Å². The molecule has 0 amide bonds. The molecule has 0 spiro atoms. The third kappa shape index (κ3) is 31.1. The first kappa shape index (κ1) is 103. The van der Waals surface area contributed by atoms with Crippen molar-refractivity contribution in [2.24, 2.45) is 11.8 Å². The van der Waals surface area contributed by atoms with Gasteiger partial charge in [-0.25, -0.2) is 0 Å². The van der Waals surface area contributed by atoms with E-state index in [1.807, 2.05) is 24.3 Å². The largest absolute Gasteiger partial charge is 0.449 e. The highest BCUT2D eigenvalue weighted by Gasteiger charge is 2.34. The molecule has 0 saturated carbocycles. The Morgan fingerprint density at radius 2 is 0.621 bits per heavy atom. The lowest BCUT2D eigenvalue weighted by atomic mass is 9.75. The molecule has 8 atom stereocenters. The summed E-state index contributed by atoms with van der Waals surface area (Å²) in [6.45, 7) is 62.4. The van der Waals surface area contributed by atoms with Gasteiger partial charge in [0.15, 0.2) is 0 Å². The van der Waals surface area contributed by atoms with Crippen molar-refractivity contribution < 1.29 is 54.3 Å². The van der Waals surface area contributed by atoms with Crippen LogP contribution in [0.5, 0.6) is 34.5 Å². The zero-order valence-electron chi connectivity index (χ0n) is 80.0. The third-order valence-electron chi connectivity index (χ3n) is 22.1. The Balaban J connectivity index is 0.000000232. The quantitative estimate of drug-likeness (QED) is 0.0270. The third-order valence-corrected chi connectivity index (χ3v) is 27.1. The first-order valence-corrected chi connectivity index (χ1v) is 49.7. The fourth-order valence-corrected chi connectivity index (χ4v) is 17.4. The predicted molar refractivity (Wildman–Crippen MR) is 541 cm³/mol. The maximum absolute atomic E-state index is 6.68. The summed E-state index contributed by atoms with van der Waals surface area (Å²) in [4.78, 5) is 0. The van der Waals surface area contributed by atoms with Gasteiger partial charge in [0, 0.05) is 55.6 Å². The molecule has 10 aromatic carbocycles. The van der Waals surface area contributed by atoms with Gasteiger partial charge in [-0.05, 0) is 196 Å². The van der Waals surface area contributed by atoms with Crippen LogP contribution < -0.4 is 27.1 Å². The van der Waals surface area contributed by atoms with Crippen molar-refractivity contribution in [3.63, 3.8) is 0 Å². The molecule has 674 valence electrons. The monoisotopic (exact) mass is 1800 g/mol. The molecule has 0 aliphatic heterocycles. The van der Waals surface area contributed by atoms with E-state index in [-0.39, 0.29) is 98.3 Å². The maximum atomic E-state index is 6.68. The minimum atomic E-state index is -0.308. The highest BCUT2D eigenvalue weighted by molar-refractivity contribution is 7.28. The Hall–Kier alpha value is -6.14. The van der Waals surface area contributed by atoms with Crippen molar-refractivity contribution in [2.45, 2.75) is 302 Å². The van der Waals surface area contributed by atoms with Crippen molar-refractivity contribution in [1.82, 2.24) is 0 Å². The fraction of sp³-hybridized carbons (Fsp3) is 0.472. The van der Waals surface area contributed by atoms with Crippen molar-refractivity contribution in [2.75, 3.05) is 13.2 Å². The number of para-hydroxylation sites is 2. The van der Waals surface area contributed by atoms with Crippen molar-refractivity contribution >= 4 is 75.8 Å². The Morgan fingerprint density at radius 1 is 0.290 bits per heavy atom. The van der Waals surface area contributed by atoms with E-state index in [0.29, 0.717) is 25.0 Å². The lowest BCUT2D eigenvalue weighted by Gasteiger charge is -2.33. The van der Waals surface area contributed by atoms with Crippen LogP contribution in [0.25, 0.3) is 77.2 Å². The molecular weight excluding hydrogens is 1650 g/mol. The molecule has 10 aromatic rings. The summed E-state index contributed by atoms with van der Waals surface area (Å²) in [5.41, 5.74) is 13.6. The highest BCUT2D eigenvalue weighted by atomic mass is 31.1. The van der Waals surface area contributed by atoms with Gasteiger partial charge in [-0.15, -0.1) is 0 Å². The number of fused-ring (bicyclic) bond motifs is 2. The van der Waals surface area contributed by atoms with Gasteiger partial charge in [-0.1, -0.05) is 333 Å². The summed E-state index contributed by atoms with van der Waals surface area (Å²) < 4.78 is 76.0.